The predicted octanol–water partition coefficient (Wildman–Crippen LogP) is 2.48. The lowest BCUT2D eigenvalue weighted by Gasteiger charge is -2.37. The van der Waals surface area contributed by atoms with E-state index in [1.165, 1.54) is 30.9 Å². The molecular weight excluding hydrogens is 234 g/mol. The van der Waals surface area contributed by atoms with Crippen molar-refractivity contribution < 1.29 is 0 Å². The minimum atomic E-state index is 0.122. The Labute approximate surface area is 117 Å². The molecule has 1 saturated heterocycles. The normalized spacial score (nSPS) is 18.9. The van der Waals surface area contributed by atoms with Crippen LogP contribution in [0.25, 0.3) is 0 Å². The van der Waals surface area contributed by atoms with Crippen molar-refractivity contribution in [1.29, 1.82) is 0 Å². The van der Waals surface area contributed by atoms with Crippen molar-refractivity contribution >= 4 is 5.69 Å². The maximum absolute atomic E-state index is 5.89. The van der Waals surface area contributed by atoms with Crippen molar-refractivity contribution in [1.82, 2.24) is 4.90 Å². The molecule has 3 nitrogen and oxygen atoms in total. The highest BCUT2D eigenvalue weighted by atomic mass is 15.3. The van der Waals surface area contributed by atoms with E-state index in [9.17, 15) is 0 Å². The van der Waals surface area contributed by atoms with Crippen LogP contribution in [0.1, 0.15) is 32.4 Å². The third-order valence-corrected chi connectivity index (χ3v) is 3.78. The number of nitrogens with two attached hydrogens (primary N) is 1. The van der Waals surface area contributed by atoms with Gasteiger partial charge >= 0.3 is 0 Å². The van der Waals surface area contributed by atoms with Gasteiger partial charge in [0.05, 0.1) is 0 Å². The standard InChI is InChI=1S/C16H27N3/c1-13(2)12-18-8-10-19(11-9-18)16-6-4-15(5-7-16)14(3)17/h4-7,13-14H,8-12,17H2,1-3H3/t14-/m0/s1. The molecular formula is C16H27N3. The van der Waals surface area contributed by atoms with Crippen molar-refractivity contribution in [2.45, 2.75) is 26.8 Å². The van der Waals surface area contributed by atoms with Crippen molar-refractivity contribution in [2.75, 3.05) is 37.6 Å². The largest absolute Gasteiger partial charge is 0.369 e. The van der Waals surface area contributed by atoms with Crippen LogP contribution in [0.5, 0.6) is 0 Å². The molecule has 3 heteroatoms. The van der Waals surface area contributed by atoms with Gasteiger partial charge in [0.2, 0.25) is 0 Å². The van der Waals surface area contributed by atoms with Crippen LogP contribution in [0.3, 0.4) is 0 Å². The van der Waals surface area contributed by atoms with Gasteiger partial charge in [-0.1, -0.05) is 26.0 Å². The molecule has 2 N–H and O–H groups in total. The fourth-order valence-electron chi connectivity index (χ4n) is 2.69. The number of anilines is 1. The second kappa shape index (κ2) is 6.40. The topological polar surface area (TPSA) is 32.5 Å². The lowest BCUT2D eigenvalue weighted by Crippen LogP contribution is -2.47. The van der Waals surface area contributed by atoms with Crippen LogP contribution in [0.4, 0.5) is 5.69 Å². The Morgan fingerprint density at radius 1 is 1.00 bits per heavy atom. The third-order valence-electron chi connectivity index (χ3n) is 3.78. The highest BCUT2D eigenvalue weighted by Gasteiger charge is 2.17. The molecule has 1 aromatic rings. The summed E-state index contributed by atoms with van der Waals surface area (Å²) in [4.78, 5) is 5.04. The van der Waals surface area contributed by atoms with Gasteiger partial charge < -0.3 is 10.6 Å². The smallest absolute Gasteiger partial charge is 0.0367 e. The first kappa shape index (κ1) is 14.4. The van der Waals surface area contributed by atoms with Gasteiger partial charge in [0.25, 0.3) is 0 Å². The summed E-state index contributed by atoms with van der Waals surface area (Å²) >= 11 is 0. The highest BCUT2D eigenvalue weighted by Crippen LogP contribution is 2.19. The summed E-state index contributed by atoms with van der Waals surface area (Å²) < 4.78 is 0. The number of benzene rings is 1. The van der Waals surface area contributed by atoms with E-state index in [0.717, 1.165) is 19.0 Å². The van der Waals surface area contributed by atoms with Crippen LogP contribution in [0.15, 0.2) is 24.3 Å². The summed E-state index contributed by atoms with van der Waals surface area (Å²) in [5, 5.41) is 0. The molecule has 1 fully saturated rings. The molecule has 2 rings (SSSR count). The SMILES string of the molecule is CC(C)CN1CCN(c2ccc([C@H](C)N)cc2)CC1. The number of nitrogens with zero attached hydrogens (tertiary/aromatic N) is 2. The Balaban J connectivity index is 1.90. The van der Waals surface area contributed by atoms with E-state index in [1.54, 1.807) is 0 Å². The van der Waals surface area contributed by atoms with E-state index in [0.29, 0.717) is 0 Å². The van der Waals surface area contributed by atoms with Crippen LogP contribution in [-0.2, 0) is 0 Å². The molecule has 0 unspecified atom stereocenters. The van der Waals surface area contributed by atoms with Gasteiger partial charge in [-0.2, -0.15) is 0 Å². The Hall–Kier alpha value is -1.06. The summed E-state index contributed by atoms with van der Waals surface area (Å²) in [6.45, 7) is 12.4. The summed E-state index contributed by atoms with van der Waals surface area (Å²) in [6.07, 6.45) is 0. The van der Waals surface area contributed by atoms with E-state index in [1.807, 2.05) is 6.92 Å². The van der Waals surface area contributed by atoms with Crippen LogP contribution < -0.4 is 10.6 Å². The lowest BCUT2D eigenvalue weighted by molar-refractivity contribution is 0.231. The van der Waals surface area contributed by atoms with E-state index < -0.39 is 0 Å². The molecule has 19 heavy (non-hydrogen) atoms. The molecule has 0 bridgehead atoms. The minimum absolute atomic E-state index is 0.122. The molecule has 1 heterocycles. The fourth-order valence-corrected chi connectivity index (χ4v) is 2.69. The van der Waals surface area contributed by atoms with Gasteiger partial charge in [0.15, 0.2) is 0 Å². The second-order valence-electron chi connectivity index (χ2n) is 6.06. The van der Waals surface area contributed by atoms with Crippen molar-refractivity contribution in [3.63, 3.8) is 0 Å². The Bertz CT molecular complexity index is 375. The zero-order valence-corrected chi connectivity index (χ0v) is 12.5. The molecule has 1 aliphatic rings. The number of hydrogen-bond donors (Lipinski definition) is 1. The summed E-state index contributed by atoms with van der Waals surface area (Å²) in [7, 11) is 0. The molecule has 0 amide bonds. The molecule has 0 aliphatic carbocycles. The first-order chi connectivity index (χ1) is 9.06. The average Bonchev–Trinajstić information content (AvgIpc) is 2.39. The van der Waals surface area contributed by atoms with Gasteiger partial charge in [0.1, 0.15) is 0 Å². The zero-order chi connectivity index (χ0) is 13.8. The highest BCUT2D eigenvalue weighted by molar-refractivity contribution is 5.48. The number of hydrogen-bond acceptors (Lipinski definition) is 3. The molecule has 106 valence electrons. The predicted molar refractivity (Wildman–Crippen MR) is 82.5 cm³/mol. The van der Waals surface area contributed by atoms with E-state index in [2.05, 4.69) is 47.9 Å². The van der Waals surface area contributed by atoms with Crippen molar-refractivity contribution in [2.24, 2.45) is 11.7 Å². The van der Waals surface area contributed by atoms with E-state index in [4.69, 9.17) is 5.73 Å². The zero-order valence-electron chi connectivity index (χ0n) is 12.5. The molecule has 1 atom stereocenters. The monoisotopic (exact) mass is 261 g/mol. The van der Waals surface area contributed by atoms with E-state index in [-0.39, 0.29) is 6.04 Å². The van der Waals surface area contributed by atoms with Crippen LogP contribution in [0, 0.1) is 5.92 Å². The van der Waals surface area contributed by atoms with Gasteiger partial charge in [-0.25, -0.2) is 0 Å². The summed E-state index contributed by atoms with van der Waals surface area (Å²) in [5.41, 5.74) is 8.42. The molecule has 0 spiro atoms. The average molecular weight is 261 g/mol. The van der Waals surface area contributed by atoms with Gasteiger partial charge in [-0.05, 0) is 30.5 Å². The molecule has 0 aromatic heterocycles. The fraction of sp³-hybridized carbons (Fsp3) is 0.625. The second-order valence-corrected chi connectivity index (χ2v) is 6.06. The van der Waals surface area contributed by atoms with Crippen molar-refractivity contribution in [3.8, 4) is 0 Å². The lowest BCUT2D eigenvalue weighted by atomic mass is 10.1. The minimum Gasteiger partial charge on any atom is -0.369 e. The summed E-state index contributed by atoms with van der Waals surface area (Å²) in [6, 6.07) is 8.84. The summed E-state index contributed by atoms with van der Waals surface area (Å²) in [5.74, 6) is 0.761. The molecule has 0 saturated carbocycles. The quantitative estimate of drug-likeness (QED) is 0.904. The van der Waals surface area contributed by atoms with Crippen LogP contribution >= 0.6 is 0 Å². The van der Waals surface area contributed by atoms with Crippen LogP contribution in [-0.4, -0.2) is 37.6 Å². The molecule has 1 aromatic carbocycles. The Morgan fingerprint density at radius 3 is 2.05 bits per heavy atom. The first-order valence-electron chi connectivity index (χ1n) is 7.39. The molecule has 1 aliphatic heterocycles. The van der Waals surface area contributed by atoms with E-state index >= 15 is 0 Å². The maximum Gasteiger partial charge on any atom is 0.0367 e. The Kier molecular flexibility index (Phi) is 4.83. The Morgan fingerprint density at radius 2 is 1.58 bits per heavy atom. The third kappa shape index (κ3) is 3.95. The van der Waals surface area contributed by atoms with Crippen molar-refractivity contribution in [3.05, 3.63) is 29.8 Å². The van der Waals surface area contributed by atoms with Gasteiger partial charge in [-0.3, -0.25) is 4.90 Å². The maximum atomic E-state index is 5.89. The van der Waals surface area contributed by atoms with Gasteiger partial charge in [0, 0.05) is 44.5 Å². The number of rotatable bonds is 4. The van der Waals surface area contributed by atoms with Crippen LogP contribution in [0.2, 0.25) is 0 Å². The number of piperazine rings is 1. The van der Waals surface area contributed by atoms with Gasteiger partial charge in [-0.15, -0.1) is 0 Å². The molecule has 0 radical (unpaired) electrons. The first-order valence-corrected chi connectivity index (χ1v) is 7.39.